The number of nitro groups is 1. The zero-order valence-corrected chi connectivity index (χ0v) is 7.38. The average Bonchev–Trinajstić information content (AvgIpc) is 2.21. The summed E-state index contributed by atoms with van der Waals surface area (Å²) in [4.78, 5) is 19.9. The van der Waals surface area contributed by atoms with Crippen molar-refractivity contribution in [3.63, 3.8) is 0 Å². The molecule has 14 heavy (non-hydrogen) atoms. The Bertz CT molecular complexity index is 286. The number of aliphatic hydroxyl groups is 1. The van der Waals surface area contributed by atoms with Crippen molar-refractivity contribution in [3.05, 3.63) is 39.9 Å². The van der Waals surface area contributed by atoms with Crippen LogP contribution in [0, 0.1) is 10.1 Å². The fourth-order valence-corrected chi connectivity index (χ4v) is 0.726. The molecule has 1 rings (SSSR count). The Hall–Kier alpha value is -1.95. The lowest BCUT2D eigenvalue weighted by atomic mass is 10.2. The summed E-state index contributed by atoms with van der Waals surface area (Å²) in [5.41, 5.74) is -0.0689. The van der Waals surface area contributed by atoms with Crippen molar-refractivity contribution in [1.82, 2.24) is 0 Å². The van der Waals surface area contributed by atoms with Gasteiger partial charge in [-0.3, -0.25) is 10.1 Å². The number of hydrogen-bond acceptors (Lipinski definition) is 4. The fourth-order valence-electron chi connectivity index (χ4n) is 0.726. The summed E-state index contributed by atoms with van der Waals surface area (Å²) in [6.07, 6.45) is 0. The molecule has 6 heteroatoms. The van der Waals surface area contributed by atoms with E-state index in [0.717, 1.165) is 19.2 Å². The molecule has 0 bridgehead atoms. The molecule has 0 aromatic heterocycles. The largest absolute Gasteiger partial charge is 0.478 e. The molecule has 0 atom stereocenters. The van der Waals surface area contributed by atoms with Crippen LogP contribution in [-0.2, 0) is 0 Å². The highest BCUT2D eigenvalue weighted by Crippen LogP contribution is 2.11. The Labute approximate surface area is 79.6 Å². The molecule has 0 aliphatic rings. The molecular formula is C8H9NO5. The predicted molar refractivity (Wildman–Crippen MR) is 48.2 cm³/mol. The second-order valence-corrected chi connectivity index (χ2v) is 2.11. The quantitative estimate of drug-likeness (QED) is 0.544. The summed E-state index contributed by atoms with van der Waals surface area (Å²) in [5.74, 6) is -1.09. The highest BCUT2D eigenvalue weighted by molar-refractivity contribution is 5.87. The highest BCUT2D eigenvalue weighted by Gasteiger charge is 2.06. The van der Waals surface area contributed by atoms with Gasteiger partial charge in [0, 0.05) is 19.2 Å². The van der Waals surface area contributed by atoms with Crippen molar-refractivity contribution in [2.24, 2.45) is 0 Å². The van der Waals surface area contributed by atoms with E-state index in [1.165, 1.54) is 12.1 Å². The molecule has 0 amide bonds. The number of carboxylic acids is 1. The van der Waals surface area contributed by atoms with Gasteiger partial charge in [0.1, 0.15) is 0 Å². The molecule has 0 spiro atoms. The smallest absolute Gasteiger partial charge is 0.335 e. The summed E-state index contributed by atoms with van der Waals surface area (Å²) < 4.78 is 0. The van der Waals surface area contributed by atoms with Gasteiger partial charge in [-0.2, -0.15) is 0 Å². The van der Waals surface area contributed by atoms with Gasteiger partial charge in [0.25, 0.3) is 5.69 Å². The van der Waals surface area contributed by atoms with E-state index in [-0.39, 0.29) is 11.3 Å². The van der Waals surface area contributed by atoms with Gasteiger partial charge >= 0.3 is 5.97 Å². The van der Waals surface area contributed by atoms with Crippen molar-refractivity contribution in [2.75, 3.05) is 7.11 Å². The maximum atomic E-state index is 10.3. The SMILES string of the molecule is CO.O=C(O)c1ccc([N+](=O)[O-])cc1. The van der Waals surface area contributed by atoms with E-state index in [0.29, 0.717) is 0 Å². The second kappa shape index (κ2) is 5.65. The first-order chi connectivity index (χ1) is 6.61. The molecular weight excluding hydrogens is 190 g/mol. The highest BCUT2D eigenvalue weighted by atomic mass is 16.6. The van der Waals surface area contributed by atoms with Crippen LogP contribution in [0.25, 0.3) is 0 Å². The minimum atomic E-state index is -1.09. The Balaban J connectivity index is 0.000000791. The first kappa shape index (κ1) is 12.0. The van der Waals surface area contributed by atoms with E-state index in [1.807, 2.05) is 0 Å². The van der Waals surface area contributed by atoms with Gasteiger partial charge in [-0.25, -0.2) is 4.79 Å². The molecule has 6 nitrogen and oxygen atoms in total. The Morgan fingerprint density at radius 2 is 1.71 bits per heavy atom. The number of benzene rings is 1. The van der Waals surface area contributed by atoms with E-state index >= 15 is 0 Å². The molecule has 0 aliphatic carbocycles. The number of aliphatic hydroxyl groups excluding tert-OH is 1. The summed E-state index contributed by atoms with van der Waals surface area (Å²) in [5, 5.41) is 25.6. The molecule has 0 aliphatic heterocycles. The monoisotopic (exact) mass is 199 g/mol. The zero-order chi connectivity index (χ0) is 11.1. The lowest BCUT2D eigenvalue weighted by Gasteiger charge is -1.92. The molecule has 1 aromatic carbocycles. The molecule has 0 radical (unpaired) electrons. The molecule has 76 valence electrons. The van der Waals surface area contributed by atoms with Crippen LogP contribution in [-0.4, -0.2) is 28.2 Å². The van der Waals surface area contributed by atoms with Crippen LogP contribution in [0.3, 0.4) is 0 Å². The van der Waals surface area contributed by atoms with E-state index in [1.54, 1.807) is 0 Å². The van der Waals surface area contributed by atoms with Crippen LogP contribution in [0.1, 0.15) is 10.4 Å². The lowest BCUT2D eigenvalue weighted by Crippen LogP contribution is -1.96. The number of non-ortho nitro benzene ring substituents is 1. The topological polar surface area (TPSA) is 101 Å². The third-order valence-electron chi connectivity index (χ3n) is 1.33. The Morgan fingerprint density at radius 1 is 1.29 bits per heavy atom. The standard InChI is InChI=1S/C7H5NO4.CH4O/c9-7(10)5-1-3-6(4-2-5)8(11)12;1-2/h1-4H,(H,9,10);2H,1H3. The number of carboxylic acid groups (broad SMARTS) is 1. The van der Waals surface area contributed by atoms with Crippen LogP contribution < -0.4 is 0 Å². The van der Waals surface area contributed by atoms with E-state index in [9.17, 15) is 14.9 Å². The maximum absolute atomic E-state index is 10.3. The van der Waals surface area contributed by atoms with E-state index < -0.39 is 10.9 Å². The summed E-state index contributed by atoms with van der Waals surface area (Å²) in [6.45, 7) is 0. The van der Waals surface area contributed by atoms with Crippen LogP contribution in [0.4, 0.5) is 5.69 Å². The zero-order valence-electron chi connectivity index (χ0n) is 7.38. The van der Waals surface area contributed by atoms with Crippen LogP contribution in [0.5, 0.6) is 0 Å². The molecule has 0 saturated heterocycles. The fraction of sp³-hybridized carbons (Fsp3) is 0.125. The van der Waals surface area contributed by atoms with Crippen molar-refractivity contribution in [2.45, 2.75) is 0 Å². The predicted octanol–water partition coefficient (Wildman–Crippen LogP) is 0.901. The van der Waals surface area contributed by atoms with Crippen LogP contribution in [0.15, 0.2) is 24.3 Å². The molecule has 0 heterocycles. The summed E-state index contributed by atoms with van der Waals surface area (Å²) in [6, 6.07) is 4.70. The summed E-state index contributed by atoms with van der Waals surface area (Å²) in [7, 11) is 1.00. The number of hydrogen-bond donors (Lipinski definition) is 2. The third-order valence-corrected chi connectivity index (χ3v) is 1.33. The number of nitro benzene ring substituents is 1. The van der Waals surface area contributed by atoms with Gasteiger partial charge in [-0.1, -0.05) is 0 Å². The maximum Gasteiger partial charge on any atom is 0.335 e. The van der Waals surface area contributed by atoms with Gasteiger partial charge in [-0.15, -0.1) is 0 Å². The summed E-state index contributed by atoms with van der Waals surface area (Å²) >= 11 is 0. The van der Waals surface area contributed by atoms with Gasteiger partial charge in [0.05, 0.1) is 10.5 Å². The number of carbonyl (C=O) groups is 1. The Morgan fingerprint density at radius 3 is 2.00 bits per heavy atom. The molecule has 0 fully saturated rings. The first-order valence-corrected chi connectivity index (χ1v) is 3.54. The van der Waals surface area contributed by atoms with Gasteiger partial charge < -0.3 is 10.2 Å². The van der Waals surface area contributed by atoms with Gasteiger partial charge in [0.15, 0.2) is 0 Å². The van der Waals surface area contributed by atoms with E-state index in [4.69, 9.17) is 10.2 Å². The first-order valence-electron chi connectivity index (χ1n) is 3.54. The normalized spacial score (nSPS) is 8.43. The van der Waals surface area contributed by atoms with Crippen LogP contribution in [0.2, 0.25) is 0 Å². The number of rotatable bonds is 2. The van der Waals surface area contributed by atoms with Crippen molar-refractivity contribution < 1.29 is 19.9 Å². The van der Waals surface area contributed by atoms with Crippen molar-refractivity contribution >= 4 is 11.7 Å². The Kier molecular flexibility index (Phi) is 4.87. The van der Waals surface area contributed by atoms with Crippen LogP contribution >= 0.6 is 0 Å². The third kappa shape index (κ3) is 3.20. The molecule has 2 N–H and O–H groups in total. The number of nitrogens with zero attached hydrogens (tertiary/aromatic N) is 1. The molecule has 1 aromatic rings. The van der Waals surface area contributed by atoms with Crippen molar-refractivity contribution in [1.29, 1.82) is 0 Å². The minimum Gasteiger partial charge on any atom is -0.478 e. The van der Waals surface area contributed by atoms with Gasteiger partial charge in [-0.05, 0) is 12.1 Å². The minimum absolute atomic E-state index is 0.0422. The van der Waals surface area contributed by atoms with E-state index in [2.05, 4.69) is 0 Å². The molecule has 0 saturated carbocycles. The number of aromatic carboxylic acids is 1. The average molecular weight is 199 g/mol. The molecule has 0 unspecified atom stereocenters. The second-order valence-electron chi connectivity index (χ2n) is 2.11. The van der Waals surface area contributed by atoms with Gasteiger partial charge in [0.2, 0.25) is 0 Å². The lowest BCUT2D eigenvalue weighted by molar-refractivity contribution is -0.384. The van der Waals surface area contributed by atoms with Crippen molar-refractivity contribution in [3.8, 4) is 0 Å².